The minimum absolute atomic E-state index is 0.107. The van der Waals surface area contributed by atoms with Crippen molar-refractivity contribution in [1.29, 1.82) is 0 Å². The van der Waals surface area contributed by atoms with Gasteiger partial charge >= 0.3 is 5.97 Å². The number of benzene rings is 1. The molecule has 0 spiro atoms. The topological polar surface area (TPSA) is 85.2 Å². The molecule has 1 aliphatic heterocycles. The average Bonchev–Trinajstić information content (AvgIpc) is 2.83. The molecule has 2 rings (SSSR count). The fourth-order valence-electron chi connectivity index (χ4n) is 2.04. The smallest absolute Gasteiger partial charge is 0.303 e. The van der Waals surface area contributed by atoms with Crippen LogP contribution in [0.2, 0.25) is 0 Å². The number of hydrogen-bond acceptors (Lipinski definition) is 5. The number of aliphatic hydroxyl groups excluding tert-OH is 1. The summed E-state index contributed by atoms with van der Waals surface area (Å²) in [4.78, 5) is 10.7. The van der Waals surface area contributed by atoms with Crippen LogP contribution in [0.3, 0.4) is 0 Å². The number of ether oxygens (including phenoxy) is 3. The number of hydrogen-bond donors (Lipinski definition) is 2. The molecule has 6 nitrogen and oxygen atoms in total. The average molecular weight is 268 g/mol. The van der Waals surface area contributed by atoms with Gasteiger partial charge in [0.2, 0.25) is 12.5 Å². The first-order valence-corrected chi connectivity index (χ1v) is 5.90. The van der Waals surface area contributed by atoms with Crippen LogP contribution in [-0.2, 0) is 4.79 Å². The van der Waals surface area contributed by atoms with Gasteiger partial charge in [-0.25, -0.2) is 0 Å². The molecule has 0 aliphatic carbocycles. The lowest BCUT2D eigenvalue weighted by atomic mass is 9.94. The molecule has 6 heteroatoms. The van der Waals surface area contributed by atoms with E-state index in [-0.39, 0.29) is 13.2 Å². The Balaban J connectivity index is 2.27. The third kappa shape index (κ3) is 2.73. The van der Waals surface area contributed by atoms with Crippen molar-refractivity contribution in [2.24, 2.45) is 5.92 Å². The lowest BCUT2D eigenvalue weighted by Crippen LogP contribution is -2.13. The van der Waals surface area contributed by atoms with Gasteiger partial charge in [-0.1, -0.05) is 6.92 Å². The van der Waals surface area contributed by atoms with Crippen LogP contribution in [0.4, 0.5) is 0 Å². The molecule has 2 N–H and O–H groups in total. The number of aliphatic hydroxyl groups is 1. The van der Waals surface area contributed by atoms with E-state index in [0.717, 1.165) is 0 Å². The minimum atomic E-state index is -0.945. The summed E-state index contributed by atoms with van der Waals surface area (Å²) in [6.07, 6.45) is -1.02. The van der Waals surface area contributed by atoms with Gasteiger partial charge < -0.3 is 24.4 Å². The van der Waals surface area contributed by atoms with Gasteiger partial charge in [-0.3, -0.25) is 4.79 Å². The van der Waals surface area contributed by atoms with Crippen LogP contribution < -0.4 is 14.2 Å². The molecule has 104 valence electrons. The molecule has 1 aliphatic rings. The van der Waals surface area contributed by atoms with E-state index >= 15 is 0 Å². The highest BCUT2D eigenvalue weighted by Crippen LogP contribution is 2.43. The monoisotopic (exact) mass is 268 g/mol. The second kappa shape index (κ2) is 5.36. The van der Waals surface area contributed by atoms with E-state index in [1.54, 1.807) is 19.1 Å². The maximum Gasteiger partial charge on any atom is 0.303 e. The Morgan fingerprint density at radius 1 is 1.47 bits per heavy atom. The zero-order valence-corrected chi connectivity index (χ0v) is 10.8. The van der Waals surface area contributed by atoms with Crippen molar-refractivity contribution < 1.29 is 29.2 Å². The zero-order chi connectivity index (χ0) is 14.0. The molecular formula is C13H16O6. The second-order valence-corrected chi connectivity index (χ2v) is 4.48. The SMILES string of the molecule is COc1cc(C(O)C(C)CC(=O)O)cc2c1OCO2. The van der Waals surface area contributed by atoms with Gasteiger partial charge in [0, 0.05) is 0 Å². The first-order chi connectivity index (χ1) is 9.02. The Bertz CT molecular complexity index is 484. The highest BCUT2D eigenvalue weighted by molar-refractivity contribution is 5.67. The van der Waals surface area contributed by atoms with Crippen LogP contribution >= 0.6 is 0 Å². The molecule has 0 saturated heterocycles. The summed E-state index contributed by atoms with van der Waals surface area (Å²) in [7, 11) is 1.49. The molecular weight excluding hydrogens is 252 g/mol. The van der Waals surface area contributed by atoms with Crippen molar-refractivity contribution in [1.82, 2.24) is 0 Å². The van der Waals surface area contributed by atoms with Gasteiger partial charge in [-0.05, 0) is 23.6 Å². The van der Waals surface area contributed by atoms with E-state index in [0.29, 0.717) is 22.8 Å². The standard InChI is InChI=1S/C13H16O6/c1-7(3-11(14)15)12(16)8-4-9(17-2)13-10(5-8)18-6-19-13/h4-5,7,12,16H,3,6H2,1-2H3,(H,14,15). The highest BCUT2D eigenvalue weighted by atomic mass is 16.7. The minimum Gasteiger partial charge on any atom is -0.493 e. The van der Waals surface area contributed by atoms with Crippen molar-refractivity contribution >= 4 is 5.97 Å². The molecule has 2 atom stereocenters. The Labute approximate surface area is 110 Å². The number of methoxy groups -OCH3 is 1. The molecule has 0 radical (unpaired) electrons. The van der Waals surface area contributed by atoms with E-state index in [2.05, 4.69) is 0 Å². The molecule has 0 aromatic heterocycles. The van der Waals surface area contributed by atoms with E-state index < -0.39 is 18.0 Å². The van der Waals surface area contributed by atoms with Crippen molar-refractivity contribution in [3.05, 3.63) is 17.7 Å². The van der Waals surface area contributed by atoms with Gasteiger partial charge in [-0.2, -0.15) is 0 Å². The first kappa shape index (κ1) is 13.5. The molecule has 19 heavy (non-hydrogen) atoms. The van der Waals surface area contributed by atoms with Gasteiger partial charge in [0.25, 0.3) is 0 Å². The largest absolute Gasteiger partial charge is 0.493 e. The molecule has 2 unspecified atom stereocenters. The quantitative estimate of drug-likeness (QED) is 0.843. The van der Waals surface area contributed by atoms with E-state index in [1.165, 1.54) is 7.11 Å². The molecule has 0 amide bonds. The van der Waals surface area contributed by atoms with Gasteiger partial charge in [0.05, 0.1) is 19.6 Å². The summed E-state index contributed by atoms with van der Waals surface area (Å²) in [5.41, 5.74) is 0.551. The number of rotatable bonds is 5. The molecule has 1 aromatic carbocycles. The molecule has 0 bridgehead atoms. The van der Waals surface area contributed by atoms with E-state index in [1.807, 2.05) is 0 Å². The number of carboxylic acid groups (broad SMARTS) is 1. The Morgan fingerprint density at radius 3 is 2.84 bits per heavy atom. The van der Waals surface area contributed by atoms with Crippen molar-refractivity contribution in [2.75, 3.05) is 13.9 Å². The summed E-state index contributed by atoms with van der Waals surface area (Å²) in [6.45, 7) is 1.78. The lowest BCUT2D eigenvalue weighted by molar-refractivity contribution is -0.139. The highest BCUT2D eigenvalue weighted by Gasteiger charge is 2.25. The number of aliphatic carboxylic acids is 1. The Morgan fingerprint density at radius 2 is 2.21 bits per heavy atom. The normalized spacial score (nSPS) is 15.9. The van der Waals surface area contributed by atoms with E-state index in [9.17, 15) is 9.90 Å². The van der Waals surface area contributed by atoms with Crippen molar-refractivity contribution in [3.63, 3.8) is 0 Å². The van der Waals surface area contributed by atoms with Crippen molar-refractivity contribution in [2.45, 2.75) is 19.4 Å². The first-order valence-electron chi connectivity index (χ1n) is 5.90. The van der Waals surface area contributed by atoms with Crippen LogP contribution in [0.1, 0.15) is 25.0 Å². The molecule has 1 aromatic rings. The molecule has 1 heterocycles. The van der Waals surface area contributed by atoms with Crippen LogP contribution in [0.25, 0.3) is 0 Å². The third-order valence-corrected chi connectivity index (χ3v) is 3.06. The zero-order valence-electron chi connectivity index (χ0n) is 10.8. The fraction of sp³-hybridized carbons (Fsp3) is 0.462. The Hall–Kier alpha value is -1.95. The summed E-state index contributed by atoms with van der Waals surface area (Å²) < 4.78 is 15.7. The van der Waals surface area contributed by atoms with Crippen LogP contribution in [0.15, 0.2) is 12.1 Å². The maximum atomic E-state index is 10.7. The predicted octanol–water partition coefficient (Wildman–Crippen LogP) is 1.57. The molecule has 0 fully saturated rings. The van der Waals surface area contributed by atoms with Crippen LogP contribution in [-0.4, -0.2) is 30.1 Å². The predicted molar refractivity (Wildman–Crippen MR) is 65.5 cm³/mol. The maximum absolute atomic E-state index is 10.7. The van der Waals surface area contributed by atoms with Crippen LogP contribution in [0.5, 0.6) is 17.2 Å². The van der Waals surface area contributed by atoms with E-state index in [4.69, 9.17) is 19.3 Å². The number of fused-ring (bicyclic) bond motifs is 1. The summed E-state index contributed by atoms with van der Waals surface area (Å²) in [5, 5.41) is 18.9. The van der Waals surface area contributed by atoms with Gasteiger partial charge in [0.1, 0.15) is 0 Å². The van der Waals surface area contributed by atoms with Crippen molar-refractivity contribution in [3.8, 4) is 17.2 Å². The fourth-order valence-corrected chi connectivity index (χ4v) is 2.04. The number of carbonyl (C=O) groups is 1. The van der Waals surface area contributed by atoms with Gasteiger partial charge in [0.15, 0.2) is 11.5 Å². The summed E-state index contributed by atoms with van der Waals surface area (Å²) in [5.74, 6) is 0.105. The third-order valence-electron chi connectivity index (χ3n) is 3.06. The lowest BCUT2D eigenvalue weighted by Gasteiger charge is -2.18. The summed E-state index contributed by atoms with van der Waals surface area (Å²) >= 11 is 0. The van der Waals surface area contributed by atoms with Gasteiger partial charge in [-0.15, -0.1) is 0 Å². The number of carboxylic acids is 1. The Kier molecular flexibility index (Phi) is 3.80. The summed E-state index contributed by atoms with van der Waals surface area (Å²) in [6, 6.07) is 3.28. The molecule has 0 saturated carbocycles. The van der Waals surface area contributed by atoms with Crippen LogP contribution in [0, 0.1) is 5.92 Å². The second-order valence-electron chi connectivity index (χ2n) is 4.48.